The second-order valence-electron chi connectivity index (χ2n) is 5.69. The molecule has 1 heterocycles. The van der Waals surface area contributed by atoms with E-state index in [0.29, 0.717) is 18.8 Å². The predicted molar refractivity (Wildman–Crippen MR) is 85.1 cm³/mol. The Morgan fingerprint density at radius 3 is 2.45 bits per heavy atom. The van der Waals surface area contributed by atoms with Crippen LogP contribution in [-0.2, 0) is 9.53 Å². The van der Waals surface area contributed by atoms with Gasteiger partial charge < -0.3 is 15.0 Å². The van der Waals surface area contributed by atoms with Crippen LogP contribution in [0.15, 0.2) is 36.0 Å². The number of benzene rings is 1. The molecule has 0 spiro atoms. The topological polar surface area (TPSA) is 65.4 Å². The SMILES string of the molecule is Cc1ccc(NC(=O)/C(C#N)=C\N2CC(C)OC(C)C2)cc1. The second-order valence-corrected chi connectivity index (χ2v) is 5.69. The molecule has 0 aliphatic carbocycles. The van der Waals surface area contributed by atoms with Gasteiger partial charge in [0, 0.05) is 25.0 Å². The molecule has 2 atom stereocenters. The van der Waals surface area contributed by atoms with E-state index in [1.165, 1.54) is 0 Å². The monoisotopic (exact) mass is 299 g/mol. The highest BCUT2D eigenvalue weighted by atomic mass is 16.5. The molecular formula is C17H21N3O2. The van der Waals surface area contributed by atoms with Gasteiger partial charge in [-0.25, -0.2) is 0 Å². The zero-order valence-electron chi connectivity index (χ0n) is 13.2. The van der Waals surface area contributed by atoms with E-state index < -0.39 is 5.91 Å². The zero-order chi connectivity index (χ0) is 16.1. The first-order valence-electron chi connectivity index (χ1n) is 7.37. The number of morpholine rings is 1. The Morgan fingerprint density at radius 1 is 1.32 bits per heavy atom. The van der Waals surface area contributed by atoms with E-state index in [-0.39, 0.29) is 17.8 Å². The van der Waals surface area contributed by atoms with Crippen molar-refractivity contribution in [2.75, 3.05) is 18.4 Å². The molecule has 22 heavy (non-hydrogen) atoms. The summed E-state index contributed by atoms with van der Waals surface area (Å²) in [6.45, 7) is 7.29. The standard InChI is InChI=1S/C17H21N3O2/c1-12-4-6-16(7-5-12)19-17(21)15(8-18)11-20-9-13(2)22-14(3)10-20/h4-7,11,13-14H,9-10H2,1-3H3,(H,19,21)/b15-11-. The van der Waals surface area contributed by atoms with Crippen LogP contribution in [0.4, 0.5) is 5.69 Å². The second kappa shape index (κ2) is 7.10. The number of hydrogen-bond donors (Lipinski definition) is 1. The summed E-state index contributed by atoms with van der Waals surface area (Å²) in [5.41, 5.74) is 1.90. The van der Waals surface area contributed by atoms with Gasteiger partial charge in [-0.1, -0.05) is 17.7 Å². The van der Waals surface area contributed by atoms with E-state index in [1.54, 1.807) is 6.20 Å². The molecule has 5 heteroatoms. The number of aryl methyl sites for hydroxylation is 1. The molecule has 1 aliphatic heterocycles. The van der Waals surface area contributed by atoms with Crippen molar-refractivity contribution in [2.24, 2.45) is 0 Å². The van der Waals surface area contributed by atoms with Crippen molar-refractivity contribution < 1.29 is 9.53 Å². The summed E-state index contributed by atoms with van der Waals surface area (Å²) in [6.07, 6.45) is 1.79. The van der Waals surface area contributed by atoms with Crippen molar-refractivity contribution >= 4 is 11.6 Å². The number of amides is 1. The molecule has 1 saturated heterocycles. The minimum Gasteiger partial charge on any atom is -0.372 e. The van der Waals surface area contributed by atoms with E-state index in [4.69, 9.17) is 4.74 Å². The van der Waals surface area contributed by atoms with Gasteiger partial charge >= 0.3 is 0 Å². The fourth-order valence-electron chi connectivity index (χ4n) is 2.48. The number of hydrogen-bond acceptors (Lipinski definition) is 4. The minimum atomic E-state index is -0.391. The average molecular weight is 299 g/mol. The van der Waals surface area contributed by atoms with Crippen LogP contribution in [0.1, 0.15) is 19.4 Å². The van der Waals surface area contributed by atoms with Crippen LogP contribution in [0.3, 0.4) is 0 Å². The highest BCUT2D eigenvalue weighted by Crippen LogP contribution is 2.14. The van der Waals surface area contributed by atoms with Gasteiger partial charge in [-0.15, -0.1) is 0 Å². The first-order valence-corrected chi connectivity index (χ1v) is 7.37. The summed E-state index contributed by atoms with van der Waals surface area (Å²) < 4.78 is 5.64. The molecule has 5 nitrogen and oxygen atoms in total. The van der Waals surface area contributed by atoms with Gasteiger partial charge in [0.2, 0.25) is 0 Å². The number of rotatable bonds is 3. The minimum absolute atomic E-state index is 0.0834. The lowest BCUT2D eigenvalue weighted by Gasteiger charge is -2.34. The van der Waals surface area contributed by atoms with Crippen molar-refractivity contribution in [1.82, 2.24) is 4.90 Å². The maximum atomic E-state index is 12.2. The van der Waals surface area contributed by atoms with E-state index >= 15 is 0 Å². The Morgan fingerprint density at radius 2 is 1.91 bits per heavy atom. The number of nitrogens with zero attached hydrogens (tertiary/aromatic N) is 2. The van der Waals surface area contributed by atoms with Crippen LogP contribution in [0.5, 0.6) is 0 Å². The fourth-order valence-corrected chi connectivity index (χ4v) is 2.48. The molecule has 0 aromatic heterocycles. The molecule has 2 rings (SSSR count). The van der Waals surface area contributed by atoms with Crippen LogP contribution in [0.25, 0.3) is 0 Å². The molecule has 1 amide bonds. The van der Waals surface area contributed by atoms with Crippen LogP contribution < -0.4 is 5.32 Å². The summed E-state index contributed by atoms with van der Waals surface area (Å²) in [4.78, 5) is 14.2. The molecule has 1 N–H and O–H groups in total. The van der Waals surface area contributed by atoms with Crippen molar-refractivity contribution in [1.29, 1.82) is 5.26 Å². The number of nitriles is 1. The third-order valence-electron chi connectivity index (χ3n) is 3.43. The molecule has 116 valence electrons. The smallest absolute Gasteiger partial charge is 0.267 e. The number of ether oxygens (including phenoxy) is 1. The molecule has 1 aromatic rings. The highest BCUT2D eigenvalue weighted by molar-refractivity contribution is 6.06. The van der Waals surface area contributed by atoms with Crippen molar-refractivity contribution in [2.45, 2.75) is 33.0 Å². The van der Waals surface area contributed by atoms with Crippen LogP contribution in [0.2, 0.25) is 0 Å². The number of anilines is 1. The maximum Gasteiger partial charge on any atom is 0.267 e. The van der Waals surface area contributed by atoms with Gasteiger partial charge in [-0.05, 0) is 32.9 Å². The Kier molecular flexibility index (Phi) is 5.18. The van der Waals surface area contributed by atoms with Gasteiger partial charge in [0.15, 0.2) is 0 Å². The Hall–Kier alpha value is -2.32. The molecular weight excluding hydrogens is 278 g/mol. The van der Waals surface area contributed by atoms with Gasteiger partial charge in [0.05, 0.1) is 12.2 Å². The highest BCUT2D eigenvalue weighted by Gasteiger charge is 2.21. The van der Waals surface area contributed by atoms with E-state index in [9.17, 15) is 10.1 Å². The van der Waals surface area contributed by atoms with E-state index in [0.717, 1.165) is 5.56 Å². The molecule has 0 radical (unpaired) electrons. The molecule has 2 unspecified atom stereocenters. The average Bonchev–Trinajstić information content (AvgIpc) is 2.46. The molecule has 0 saturated carbocycles. The fraction of sp³-hybridized carbons (Fsp3) is 0.412. The summed E-state index contributed by atoms with van der Waals surface area (Å²) in [6, 6.07) is 9.44. The normalized spacial score (nSPS) is 22.1. The Bertz CT molecular complexity index is 591. The zero-order valence-corrected chi connectivity index (χ0v) is 13.2. The molecule has 1 fully saturated rings. The van der Waals surface area contributed by atoms with Crippen LogP contribution in [-0.4, -0.2) is 36.1 Å². The van der Waals surface area contributed by atoms with Crippen LogP contribution in [0, 0.1) is 18.3 Å². The van der Waals surface area contributed by atoms with E-state index in [1.807, 2.05) is 56.0 Å². The Labute approximate surface area is 131 Å². The quantitative estimate of drug-likeness (QED) is 0.688. The van der Waals surface area contributed by atoms with Crippen molar-refractivity contribution in [3.05, 3.63) is 41.6 Å². The third kappa shape index (κ3) is 4.34. The maximum absolute atomic E-state index is 12.2. The van der Waals surface area contributed by atoms with Gasteiger partial charge in [0.25, 0.3) is 5.91 Å². The van der Waals surface area contributed by atoms with Crippen molar-refractivity contribution in [3.63, 3.8) is 0 Å². The third-order valence-corrected chi connectivity index (χ3v) is 3.43. The first-order chi connectivity index (χ1) is 10.5. The Balaban J connectivity index is 2.06. The van der Waals surface area contributed by atoms with Gasteiger partial charge in [-0.2, -0.15) is 5.26 Å². The lowest BCUT2D eigenvalue weighted by Crippen LogP contribution is -2.43. The van der Waals surface area contributed by atoms with E-state index in [2.05, 4.69) is 5.32 Å². The largest absolute Gasteiger partial charge is 0.372 e. The lowest BCUT2D eigenvalue weighted by atomic mass is 10.2. The molecule has 1 aromatic carbocycles. The number of nitrogens with one attached hydrogen (secondary N) is 1. The molecule has 1 aliphatic rings. The summed E-state index contributed by atoms with van der Waals surface area (Å²) >= 11 is 0. The summed E-state index contributed by atoms with van der Waals surface area (Å²) in [7, 11) is 0. The first kappa shape index (κ1) is 16.1. The van der Waals surface area contributed by atoms with Crippen LogP contribution >= 0.6 is 0 Å². The summed E-state index contributed by atoms with van der Waals surface area (Å²) in [5, 5.41) is 12.0. The lowest BCUT2D eigenvalue weighted by molar-refractivity contribution is -0.112. The predicted octanol–water partition coefficient (Wildman–Crippen LogP) is 2.45. The van der Waals surface area contributed by atoms with Gasteiger partial charge in [0.1, 0.15) is 11.6 Å². The summed E-state index contributed by atoms with van der Waals surface area (Å²) in [5.74, 6) is -0.391. The number of carbonyl (C=O) groups is 1. The van der Waals surface area contributed by atoms with Gasteiger partial charge in [-0.3, -0.25) is 4.79 Å². The van der Waals surface area contributed by atoms with Crippen molar-refractivity contribution in [3.8, 4) is 6.07 Å². The molecule has 0 bridgehead atoms. The number of carbonyl (C=O) groups excluding carboxylic acids is 1.